The lowest BCUT2D eigenvalue weighted by Gasteiger charge is -2.30. The fourth-order valence-electron chi connectivity index (χ4n) is 11.8. The number of carbonyl (C=O) groups excluding carboxylic acids is 1. The summed E-state index contributed by atoms with van der Waals surface area (Å²) in [7, 11) is 0. The average molecular weight is 892 g/mol. The van der Waals surface area contributed by atoms with Crippen LogP contribution in [0.15, 0.2) is 126 Å². The van der Waals surface area contributed by atoms with E-state index in [0.29, 0.717) is 36.7 Å². The molecule has 0 aromatic heterocycles. The van der Waals surface area contributed by atoms with Gasteiger partial charge in [-0.25, -0.2) is 4.99 Å². The highest BCUT2D eigenvalue weighted by molar-refractivity contribution is 6.20. The van der Waals surface area contributed by atoms with E-state index in [1.807, 2.05) is 6.08 Å². The van der Waals surface area contributed by atoms with Crippen LogP contribution in [0, 0.1) is 31.6 Å². The Morgan fingerprint density at radius 2 is 1.73 bits per heavy atom. The van der Waals surface area contributed by atoms with Gasteiger partial charge >= 0.3 is 0 Å². The number of dihydropyridines is 1. The number of nitrogens with zero attached hydrogens (tertiary/aromatic N) is 1. The zero-order chi connectivity index (χ0) is 46.0. The van der Waals surface area contributed by atoms with Crippen LogP contribution in [-0.4, -0.2) is 36.5 Å². The van der Waals surface area contributed by atoms with Gasteiger partial charge in [0.25, 0.3) is 0 Å². The van der Waals surface area contributed by atoms with Crippen molar-refractivity contribution in [1.82, 2.24) is 0 Å². The van der Waals surface area contributed by atoms with E-state index in [9.17, 15) is 4.79 Å². The van der Waals surface area contributed by atoms with Crippen LogP contribution in [0.5, 0.6) is 11.5 Å². The Labute approximate surface area is 399 Å². The molecule has 2 fully saturated rings. The summed E-state index contributed by atoms with van der Waals surface area (Å²) in [6, 6.07) is 29.2. The SMILES string of the molecule is C=CC(=O)C1Cc2cc(ccc2CCCc2cccc([C@H]3C=CCCCC3)c2)OC[C@@H](CC2CCC(C)CC2)Oc2ccc(c(C)c2C=C)C2=C(c3ccc(C)cc3)CC3=C2C(=NC2CC32)O1. The monoisotopic (exact) mass is 892 g/mol. The summed E-state index contributed by atoms with van der Waals surface area (Å²) < 4.78 is 21.0. The van der Waals surface area contributed by atoms with Crippen LogP contribution >= 0.6 is 0 Å². The number of benzene rings is 4. The van der Waals surface area contributed by atoms with E-state index in [4.69, 9.17) is 19.2 Å². The minimum atomic E-state index is -0.809. The minimum absolute atomic E-state index is 0.144. The van der Waals surface area contributed by atoms with E-state index < -0.39 is 6.10 Å². The normalized spacial score (nSPS) is 25.7. The topological polar surface area (TPSA) is 57.1 Å². The van der Waals surface area contributed by atoms with Gasteiger partial charge in [0.1, 0.15) is 24.2 Å². The molecule has 5 atom stereocenters. The van der Waals surface area contributed by atoms with Gasteiger partial charge in [-0.15, -0.1) is 0 Å². The van der Waals surface area contributed by atoms with Gasteiger partial charge in [-0.05, 0) is 163 Å². The number of hydrogen-bond donors (Lipinski definition) is 0. The highest BCUT2D eigenvalue weighted by Crippen LogP contribution is 2.57. The molecule has 3 aliphatic heterocycles. The van der Waals surface area contributed by atoms with Gasteiger partial charge in [0, 0.05) is 29.4 Å². The van der Waals surface area contributed by atoms with E-state index in [-0.39, 0.29) is 17.9 Å². The molecule has 4 aromatic rings. The molecular weight excluding hydrogens is 823 g/mol. The second kappa shape index (κ2) is 19.9. The summed E-state index contributed by atoms with van der Waals surface area (Å²) in [5.41, 5.74) is 15.6. The fraction of sp³-hybridized carbons (Fsp3) is 0.419. The summed E-state index contributed by atoms with van der Waals surface area (Å²) in [5, 5.41) is 0. The molecule has 4 aromatic carbocycles. The molecule has 67 heavy (non-hydrogen) atoms. The van der Waals surface area contributed by atoms with Crippen LogP contribution in [0.1, 0.15) is 140 Å². The summed E-state index contributed by atoms with van der Waals surface area (Å²) in [4.78, 5) is 19.5. The third-order valence-corrected chi connectivity index (χ3v) is 15.9. The first-order valence-electron chi connectivity index (χ1n) is 25.6. The summed E-state index contributed by atoms with van der Waals surface area (Å²) in [6.07, 6.45) is 23.1. The number of rotatable bonds is 11. The third kappa shape index (κ3) is 9.85. The first kappa shape index (κ1) is 45.1. The number of aryl methyl sites for hydroxylation is 3. The van der Waals surface area contributed by atoms with Crippen molar-refractivity contribution in [2.45, 2.75) is 141 Å². The first-order valence-corrected chi connectivity index (χ1v) is 25.6. The predicted molar refractivity (Wildman–Crippen MR) is 275 cm³/mol. The van der Waals surface area contributed by atoms with E-state index in [1.54, 1.807) is 0 Å². The van der Waals surface area contributed by atoms with Gasteiger partial charge in [-0.3, -0.25) is 4.79 Å². The van der Waals surface area contributed by atoms with Crippen molar-refractivity contribution in [3.63, 3.8) is 0 Å². The van der Waals surface area contributed by atoms with E-state index in [0.717, 1.165) is 89.3 Å². The lowest BCUT2D eigenvalue weighted by molar-refractivity contribution is -0.121. The number of aliphatic imine (C=N–C) groups is 1. The number of ether oxygens (including phenoxy) is 3. The Morgan fingerprint density at radius 1 is 0.881 bits per heavy atom. The summed E-state index contributed by atoms with van der Waals surface area (Å²) in [5.74, 6) is 4.28. The molecule has 7 aliphatic rings. The molecule has 5 heteroatoms. The van der Waals surface area contributed by atoms with Crippen molar-refractivity contribution >= 4 is 28.9 Å². The van der Waals surface area contributed by atoms with Crippen molar-refractivity contribution in [1.29, 1.82) is 0 Å². The van der Waals surface area contributed by atoms with Crippen LogP contribution < -0.4 is 9.47 Å². The molecule has 11 rings (SSSR count). The summed E-state index contributed by atoms with van der Waals surface area (Å²) in [6.45, 7) is 15.5. The largest absolute Gasteiger partial charge is 0.490 e. The lowest BCUT2D eigenvalue weighted by atomic mass is 9.80. The Morgan fingerprint density at radius 3 is 2.55 bits per heavy atom. The van der Waals surface area contributed by atoms with Crippen molar-refractivity contribution in [3.05, 3.63) is 171 Å². The quantitative estimate of drug-likeness (QED) is 0.111. The minimum Gasteiger partial charge on any atom is -0.490 e. The molecule has 346 valence electrons. The van der Waals surface area contributed by atoms with Crippen molar-refractivity contribution < 1.29 is 19.0 Å². The number of ketones is 1. The Balaban J connectivity index is 1.03. The zero-order valence-electron chi connectivity index (χ0n) is 40.2. The Bertz CT molecular complexity index is 2650. The van der Waals surface area contributed by atoms with Crippen LogP contribution in [-0.2, 0) is 28.8 Å². The Kier molecular flexibility index (Phi) is 13.4. The molecule has 0 radical (unpaired) electrons. The van der Waals surface area contributed by atoms with Crippen LogP contribution in [0.4, 0.5) is 0 Å². The second-order valence-electron chi connectivity index (χ2n) is 20.7. The van der Waals surface area contributed by atoms with Gasteiger partial charge in [0.15, 0.2) is 11.9 Å². The first-order chi connectivity index (χ1) is 32.7. The smallest absolute Gasteiger partial charge is 0.217 e. The van der Waals surface area contributed by atoms with Gasteiger partial charge in [0.2, 0.25) is 5.90 Å². The van der Waals surface area contributed by atoms with Crippen molar-refractivity contribution in [3.8, 4) is 11.5 Å². The number of fused-ring (bicyclic) bond motifs is 9. The highest BCUT2D eigenvalue weighted by atomic mass is 16.5. The molecule has 0 amide bonds. The molecule has 0 saturated heterocycles. The van der Waals surface area contributed by atoms with Crippen molar-refractivity contribution in [2.24, 2.45) is 22.7 Å². The van der Waals surface area contributed by atoms with Gasteiger partial charge in [-0.1, -0.05) is 137 Å². The van der Waals surface area contributed by atoms with Crippen LogP contribution in [0.2, 0.25) is 0 Å². The Hall–Kier alpha value is -5.68. The molecule has 3 heterocycles. The second-order valence-corrected chi connectivity index (χ2v) is 20.7. The molecule has 4 bridgehead atoms. The number of allylic oxidation sites excluding steroid dienone is 3. The van der Waals surface area contributed by atoms with Gasteiger partial charge in [-0.2, -0.15) is 0 Å². The van der Waals surface area contributed by atoms with Crippen LogP contribution in [0.25, 0.3) is 17.2 Å². The summed E-state index contributed by atoms with van der Waals surface area (Å²) >= 11 is 0. The molecule has 3 unspecified atom stereocenters. The molecule has 0 spiro atoms. The molecule has 5 nitrogen and oxygen atoms in total. The van der Waals surface area contributed by atoms with E-state index in [1.165, 1.54) is 96.4 Å². The third-order valence-electron chi connectivity index (χ3n) is 15.9. The molecular formula is C62H69NO4. The average Bonchev–Trinajstić information content (AvgIpc) is 4.09. The lowest BCUT2D eigenvalue weighted by Crippen LogP contribution is -2.31. The zero-order valence-corrected chi connectivity index (χ0v) is 40.2. The van der Waals surface area contributed by atoms with Gasteiger partial charge < -0.3 is 14.2 Å². The predicted octanol–water partition coefficient (Wildman–Crippen LogP) is 14.5. The van der Waals surface area contributed by atoms with E-state index in [2.05, 4.69) is 125 Å². The number of carbonyl (C=O) groups is 1. The maximum atomic E-state index is 14.2. The van der Waals surface area contributed by atoms with Crippen LogP contribution in [0.3, 0.4) is 0 Å². The standard InChI is InChI=1S/C62H69NO4/c1-6-51-41(5)52-30-31-58(51)66-50(33-43-24-20-39(3)21-25-43)38-65-49-29-28-45(18-12-14-42-15-13-19-47(32-42)44-16-10-8-9-11-17-44)48(34-49)35-59(57(64)7-2)67-62-61-55(54-37-56(54)63-62)36-53(60(52)61)46-26-22-40(4)23-27-46/h6-7,10,13,15-16,19,22-23,26-32,34,39,43-44,50,54,56,59H,1-2,8-9,11-12,14,17-18,20-21,24-25,33,35-38H2,3-5H3/t39?,43?,44-,50+,54?,56?,59?/m0/s1. The van der Waals surface area contributed by atoms with Gasteiger partial charge in [0.05, 0.1) is 6.04 Å². The maximum Gasteiger partial charge on any atom is 0.217 e. The van der Waals surface area contributed by atoms with Crippen molar-refractivity contribution in [2.75, 3.05) is 6.61 Å². The highest BCUT2D eigenvalue weighted by Gasteiger charge is 2.50. The molecule has 0 N–H and O–H groups in total. The maximum absolute atomic E-state index is 14.2. The van der Waals surface area contributed by atoms with E-state index >= 15 is 0 Å². The fourth-order valence-corrected chi connectivity index (χ4v) is 11.8. The molecule has 4 aliphatic carbocycles. The number of hydrogen-bond acceptors (Lipinski definition) is 5. The molecule has 2 saturated carbocycles.